The molecule has 1 N–H and O–H groups in total. The Kier molecular flexibility index (Phi) is 4.98. The number of aromatic nitrogens is 2. The average Bonchev–Trinajstić information content (AvgIpc) is 2.76. The first-order chi connectivity index (χ1) is 10.0. The number of hydrogen-bond donors (Lipinski definition) is 1. The zero-order chi connectivity index (χ0) is 15.4. The normalized spacial score (nSPS) is 15.8. The van der Waals surface area contributed by atoms with Crippen molar-refractivity contribution in [2.75, 3.05) is 7.11 Å². The van der Waals surface area contributed by atoms with E-state index in [1.165, 1.54) is 26.4 Å². The highest BCUT2D eigenvalue weighted by Crippen LogP contribution is 2.18. The van der Waals surface area contributed by atoms with Crippen molar-refractivity contribution in [3.05, 3.63) is 17.2 Å². The van der Waals surface area contributed by atoms with Gasteiger partial charge in [0.2, 0.25) is 0 Å². The maximum absolute atomic E-state index is 12.4. The lowest BCUT2D eigenvalue weighted by Crippen LogP contribution is -2.36. The van der Waals surface area contributed by atoms with E-state index in [2.05, 4.69) is 15.0 Å². The zero-order valence-corrected chi connectivity index (χ0v) is 12.9. The molecule has 1 amide bonds. The Bertz CT molecular complexity index is 531. The Balaban J connectivity index is 2.09. The Morgan fingerprint density at radius 2 is 2.00 bits per heavy atom. The molecule has 2 rings (SSSR count). The van der Waals surface area contributed by atoms with Crippen LogP contribution in [0.2, 0.25) is 0 Å². The number of hydrogen-bond acceptors (Lipinski definition) is 4. The van der Waals surface area contributed by atoms with E-state index in [4.69, 9.17) is 0 Å². The number of ether oxygens (including phenoxy) is 1. The standard InChI is InChI=1S/C15H23N3O3/c1-10-14(15(20)16-11-7-5-4-6-8-11)17-12(18(10)2)9-13(19)21-3/h11H,4-9H2,1-3H3,(H,16,20). The molecule has 1 fully saturated rings. The minimum atomic E-state index is -0.359. The Hall–Kier alpha value is -1.85. The summed E-state index contributed by atoms with van der Waals surface area (Å²) in [6, 6.07) is 0.247. The third-order valence-corrected chi connectivity index (χ3v) is 4.16. The van der Waals surface area contributed by atoms with Gasteiger partial charge >= 0.3 is 5.97 Å². The van der Waals surface area contributed by atoms with Crippen molar-refractivity contribution < 1.29 is 14.3 Å². The summed E-state index contributed by atoms with van der Waals surface area (Å²) in [6.07, 6.45) is 5.72. The van der Waals surface area contributed by atoms with Crippen molar-refractivity contribution in [1.82, 2.24) is 14.9 Å². The quantitative estimate of drug-likeness (QED) is 0.854. The number of nitrogens with one attached hydrogen (secondary N) is 1. The molecule has 1 heterocycles. The summed E-state index contributed by atoms with van der Waals surface area (Å²) in [7, 11) is 3.15. The molecular formula is C15H23N3O3. The molecule has 1 aromatic rings. The minimum absolute atomic E-state index is 0.0740. The van der Waals surface area contributed by atoms with Gasteiger partial charge < -0.3 is 14.6 Å². The smallest absolute Gasteiger partial charge is 0.313 e. The highest BCUT2D eigenvalue weighted by Gasteiger charge is 2.22. The monoisotopic (exact) mass is 293 g/mol. The summed E-state index contributed by atoms with van der Waals surface area (Å²) in [5, 5.41) is 3.05. The van der Waals surface area contributed by atoms with Gasteiger partial charge in [0.25, 0.3) is 5.91 Å². The average molecular weight is 293 g/mol. The summed E-state index contributed by atoms with van der Waals surface area (Å²) in [5.41, 5.74) is 1.17. The highest BCUT2D eigenvalue weighted by atomic mass is 16.5. The van der Waals surface area contributed by atoms with E-state index in [1.54, 1.807) is 11.6 Å². The van der Waals surface area contributed by atoms with Crippen LogP contribution < -0.4 is 5.32 Å². The predicted octanol–water partition coefficient (Wildman–Crippen LogP) is 1.51. The number of rotatable bonds is 4. The van der Waals surface area contributed by atoms with Crippen LogP contribution in [0.3, 0.4) is 0 Å². The molecule has 1 aliphatic rings. The highest BCUT2D eigenvalue weighted by molar-refractivity contribution is 5.93. The van der Waals surface area contributed by atoms with Crippen LogP contribution in [-0.4, -0.2) is 34.6 Å². The summed E-state index contributed by atoms with van der Waals surface area (Å²) < 4.78 is 6.42. The second-order valence-electron chi connectivity index (χ2n) is 5.58. The molecule has 0 spiro atoms. The molecule has 0 aromatic carbocycles. The molecule has 21 heavy (non-hydrogen) atoms. The fraction of sp³-hybridized carbons (Fsp3) is 0.667. The maximum Gasteiger partial charge on any atom is 0.313 e. The van der Waals surface area contributed by atoms with Crippen LogP contribution in [0, 0.1) is 6.92 Å². The topological polar surface area (TPSA) is 73.2 Å². The summed E-state index contributed by atoms with van der Waals surface area (Å²) in [4.78, 5) is 28.0. The van der Waals surface area contributed by atoms with Gasteiger partial charge in [0, 0.05) is 18.8 Å². The van der Waals surface area contributed by atoms with Gasteiger partial charge in [0.1, 0.15) is 17.9 Å². The SMILES string of the molecule is COC(=O)Cc1nc(C(=O)NC2CCCCC2)c(C)n1C. The van der Waals surface area contributed by atoms with E-state index in [1.807, 2.05) is 6.92 Å². The van der Waals surface area contributed by atoms with Crippen LogP contribution in [0.1, 0.15) is 54.1 Å². The second kappa shape index (κ2) is 6.74. The van der Waals surface area contributed by atoms with Gasteiger partial charge in [-0.05, 0) is 19.8 Å². The fourth-order valence-electron chi connectivity index (χ4n) is 2.71. The van der Waals surface area contributed by atoms with Crippen molar-refractivity contribution in [3.8, 4) is 0 Å². The van der Waals surface area contributed by atoms with Gasteiger partial charge in [-0.2, -0.15) is 0 Å². The number of methoxy groups -OCH3 is 1. The number of carbonyl (C=O) groups is 2. The molecule has 0 unspecified atom stereocenters. The van der Waals surface area contributed by atoms with Gasteiger partial charge in [-0.25, -0.2) is 4.98 Å². The lowest BCUT2D eigenvalue weighted by molar-refractivity contribution is -0.139. The van der Waals surface area contributed by atoms with Gasteiger partial charge in [0.05, 0.1) is 7.11 Å². The predicted molar refractivity (Wildman–Crippen MR) is 78.0 cm³/mol. The van der Waals surface area contributed by atoms with Crippen LogP contribution >= 0.6 is 0 Å². The first kappa shape index (κ1) is 15.5. The van der Waals surface area contributed by atoms with Crippen molar-refractivity contribution in [2.45, 2.75) is 51.5 Å². The van der Waals surface area contributed by atoms with E-state index in [0.29, 0.717) is 11.5 Å². The van der Waals surface area contributed by atoms with Gasteiger partial charge in [0.15, 0.2) is 0 Å². The van der Waals surface area contributed by atoms with Crippen molar-refractivity contribution in [1.29, 1.82) is 0 Å². The molecular weight excluding hydrogens is 270 g/mol. The van der Waals surface area contributed by atoms with E-state index in [-0.39, 0.29) is 24.3 Å². The third kappa shape index (κ3) is 3.62. The lowest BCUT2D eigenvalue weighted by atomic mass is 9.95. The first-order valence-electron chi connectivity index (χ1n) is 7.42. The van der Waals surface area contributed by atoms with Crippen molar-refractivity contribution >= 4 is 11.9 Å². The Morgan fingerprint density at radius 3 is 2.62 bits per heavy atom. The summed E-state index contributed by atoms with van der Waals surface area (Å²) in [6.45, 7) is 1.84. The lowest BCUT2D eigenvalue weighted by Gasteiger charge is -2.22. The Labute approximate surface area is 124 Å². The molecule has 0 aliphatic heterocycles. The molecule has 0 radical (unpaired) electrons. The number of amides is 1. The minimum Gasteiger partial charge on any atom is -0.469 e. The molecule has 1 aromatic heterocycles. The molecule has 0 bridgehead atoms. The molecule has 0 atom stereocenters. The molecule has 6 nitrogen and oxygen atoms in total. The molecule has 1 saturated carbocycles. The van der Waals surface area contributed by atoms with Crippen LogP contribution in [0.5, 0.6) is 0 Å². The third-order valence-electron chi connectivity index (χ3n) is 4.16. The molecule has 116 valence electrons. The van der Waals surface area contributed by atoms with Crippen LogP contribution in [-0.2, 0) is 23.0 Å². The molecule has 6 heteroatoms. The van der Waals surface area contributed by atoms with E-state index >= 15 is 0 Å². The van der Waals surface area contributed by atoms with Crippen LogP contribution in [0.15, 0.2) is 0 Å². The Morgan fingerprint density at radius 1 is 1.33 bits per heavy atom. The summed E-state index contributed by atoms with van der Waals surface area (Å²) >= 11 is 0. The van der Waals surface area contributed by atoms with Crippen LogP contribution in [0.25, 0.3) is 0 Å². The summed E-state index contributed by atoms with van der Waals surface area (Å²) in [5.74, 6) is 0.0431. The number of carbonyl (C=O) groups excluding carboxylic acids is 2. The largest absolute Gasteiger partial charge is 0.469 e. The van der Waals surface area contributed by atoms with E-state index in [9.17, 15) is 9.59 Å². The second-order valence-corrected chi connectivity index (χ2v) is 5.58. The van der Waals surface area contributed by atoms with Crippen molar-refractivity contribution in [3.63, 3.8) is 0 Å². The number of nitrogens with zero attached hydrogens (tertiary/aromatic N) is 2. The van der Waals surface area contributed by atoms with Crippen molar-refractivity contribution in [2.24, 2.45) is 7.05 Å². The van der Waals surface area contributed by atoms with Gasteiger partial charge in [-0.1, -0.05) is 19.3 Å². The van der Waals surface area contributed by atoms with Gasteiger partial charge in [-0.3, -0.25) is 9.59 Å². The number of esters is 1. The first-order valence-corrected chi connectivity index (χ1v) is 7.42. The molecule has 0 saturated heterocycles. The maximum atomic E-state index is 12.4. The van der Waals surface area contributed by atoms with Crippen LogP contribution in [0.4, 0.5) is 0 Å². The number of imidazole rings is 1. The van der Waals surface area contributed by atoms with E-state index in [0.717, 1.165) is 18.5 Å². The molecule has 1 aliphatic carbocycles. The van der Waals surface area contributed by atoms with Gasteiger partial charge in [-0.15, -0.1) is 0 Å². The fourth-order valence-corrected chi connectivity index (χ4v) is 2.71. The van der Waals surface area contributed by atoms with E-state index < -0.39 is 0 Å². The zero-order valence-electron chi connectivity index (χ0n) is 12.9.